The summed E-state index contributed by atoms with van der Waals surface area (Å²) in [7, 11) is 1.50. The number of hydrogen-bond acceptors (Lipinski definition) is 4. The molecule has 0 aliphatic carbocycles. The maximum Gasteiger partial charge on any atom is 0.347 e. The predicted molar refractivity (Wildman–Crippen MR) is 118 cm³/mol. The third kappa shape index (κ3) is 5.23. The van der Waals surface area contributed by atoms with Crippen LogP contribution in [0.25, 0.3) is 6.08 Å². The molecule has 3 rings (SSSR count). The van der Waals surface area contributed by atoms with Gasteiger partial charge in [-0.2, -0.15) is 0 Å². The molecule has 0 unspecified atom stereocenters. The van der Waals surface area contributed by atoms with E-state index < -0.39 is 5.97 Å². The van der Waals surface area contributed by atoms with Crippen molar-refractivity contribution in [2.45, 2.75) is 19.8 Å². The van der Waals surface area contributed by atoms with Crippen LogP contribution in [0.5, 0.6) is 11.5 Å². The Morgan fingerprint density at radius 1 is 0.867 bits per heavy atom. The molecule has 0 aliphatic heterocycles. The zero-order valence-corrected chi connectivity index (χ0v) is 17.3. The van der Waals surface area contributed by atoms with Crippen LogP contribution >= 0.6 is 0 Å². The van der Waals surface area contributed by atoms with Crippen molar-refractivity contribution in [1.29, 1.82) is 0 Å². The van der Waals surface area contributed by atoms with Crippen LogP contribution in [0, 0.1) is 0 Å². The summed E-state index contributed by atoms with van der Waals surface area (Å²) in [6, 6.07) is 21.5. The van der Waals surface area contributed by atoms with Gasteiger partial charge in [-0.15, -0.1) is 0 Å². The largest absolute Gasteiger partial charge is 0.496 e. The van der Waals surface area contributed by atoms with Crippen molar-refractivity contribution in [1.82, 2.24) is 0 Å². The molecule has 0 aliphatic rings. The molecular formula is C26H24O4. The molecule has 30 heavy (non-hydrogen) atoms. The van der Waals surface area contributed by atoms with Crippen molar-refractivity contribution in [2.24, 2.45) is 0 Å². The van der Waals surface area contributed by atoms with E-state index in [9.17, 15) is 9.59 Å². The number of ether oxygens (including phenoxy) is 2. The first-order valence-electron chi connectivity index (χ1n) is 9.75. The number of esters is 1. The molecule has 4 heteroatoms. The third-order valence-electron chi connectivity index (χ3n) is 4.71. The first-order valence-corrected chi connectivity index (χ1v) is 9.75. The van der Waals surface area contributed by atoms with Crippen molar-refractivity contribution in [3.63, 3.8) is 0 Å². The topological polar surface area (TPSA) is 52.6 Å². The van der Waals surface area contributed by atoms with Gasteiger partial charge < -0.3 is 9.47 Å². The van der Waals surface area contributed by atoms with Gasteiger partial charge in [0.05, 0.1) is 7.11 Å². The number of ketones is 1. The van der Waals surface area contributed by atoms with Gasteiger partial charge >= 0.3 is 5.97 Å². The summed E-state index contributed by atoms with van der Waals surface area (Å²) >= 11 is 0. The normalized spacial score (nSPS) is 10.9. The minimum atomic E-state index is -0.517. The number of methoxy groups -OCH3 is 1. The highest BCUT2D eigenvalue weighted by atomic mass is 16.5. The summed E-state index contributed by atoms with van der Waals surface area (Å²) in [5.74, 6) is 0.638. The maximum absolute atomic E-state index is 12.4. The van der Waals surface area contributed by atoms with Gasteiger partial charge in [-0.3, -0.25) is 4.79 Å². The standard InChI is InChI=1S/C26H24O4/c1-18(2)20-11-8-19(9-12-20)10-17-24(27)21-13-15-22(16-14-21)30-26(28)23-6-4-5-7-25(23)29-3/h4-18H,1-3H3/b17-10+. The van der Waals surface area contributed by atoms with Crippen molar-refractivity contribution < 1.29 is 19.1 Å². The monoisotopic (exact) mass is 400 g/mol. The van der Waals surface area contributed by atoms with Crippen LogP contribution in [0.4, 0.5) is 0 Å². The second-order valence-electron chi connectivity index (χ2n) is 7.13. The lowest BCUT2D eigenvalue weighted by Gasteiger charge is -2.08. The van der Waals surface area contributed by atoms with Gasteiger partial charge in [0, 0.05) is 5.56 Å². The Morgan fingerprint density at radius 3 is 2.17 bits per heavy atom. The minimum absolute atomic E-state index is 0.120. The van der Waals surface area contributed by atoms with Crippen molar-refractivity contribution in [2.75, 3.05) is 7.11 Å². The van der Waals surface area contributed by atoms with E-state index in [2.05, 4.69) is 26.0 Å². The number of para-hydroxylation sites is 1. The molecule has 3 aromatic carbocycles. The molecule has 0 amide bonds. The van der Waals surface area contributed by atoms with E-state index in [-0.39, 0.29) is 5.78 Å². The van der Waals surface area contributed by atoms with Gasteiger partial charge in [0.15, 0.2) is 5.78 Å². The Labute approximate surface area is 176 Å². The Bertz CT molecular complexity index is 1050. The SMILES string of the molecule is COc1ccccc1C(=O)Oc1ccc(C(=O)/C=C/c2ccc(C(C)C)cc2)cc1. The number of rotatable bonds is 7. The number of hydrogen-bond donors (Lipinski definition) is 0. The average Bonchev–Trinajstić information content (AvgIpc) is 2.78. The molecule has 0 atom stereocenters. The van der Waals surface area contributed by atoms with Gasteiger partial charge in [0.1, 0.15) is 17.1 Å². The predicted octanol–water partition coefficient (Wildman–Crippen LogP) is 5.93. The third-order valence-corrected chi connectivity index (χ3v) is 4.71. The van der Waals surface area contributed by atoms with E-state index in [0.717, 1.165) is 5.56 Å². The van der Waals surface area contributed by atoms with Gasteiger partial charge in [-0.05, 0) is 59.5 Å². The summed E-state index contributed by atoms with van der Waals surface area (Å²) in [5.41, 5.74) is 3.08. The molecule has 0 N–H and O–H groups in total. The van der Waals surface area contributed by atoms with Crippen LogP contribution in [-0.2, 0) is 0 Å². The summed E-state index contributed by atoms with van der Waals surface area (Å²) in [5, 5.41) is 0. The fourth-order valence-electron chi connectivity index (χ4n) is 2.92. The quantitative estimate of drug-likeness (QED) is 0.213. The number of carbonyl (C=O) groups is 2. The lowest BCUT2D eigenvalue weighted by atomic mass is 10.0. The van der Waals surface area contributed by atoms with Gasteiger partial charge in [0.2, 0.25) is 0 Å². The second-order valence-corrected chi connectivity index (χ2v) is 7.13. The fourth-order valence-corrected chi connectivity index (χ4v) is 2.92. The van der Waals surface area contributed by atoms with Gasteiger partial charge in [-0.25, -0.2) is 4.79 Å². The van der Waals surface area contributed by atoms with Crippen LogP contribution in [-0.4, -0.2) is 18.9 Å². The lowest BCUT2D eigenvalue weighted by molar-refractivity contribution is 0.0731. The molecule has 0 bridgehead atoms. The molecule has 152 valence electrons. The van der Waals surface area contributed by atoms with E-state index >= 15 is 0 Å². The summed E-state index contributed by atoms with van der Waals surface area (Å²) in [6.45, 7) is 4.29. The average molecular weight is 400 g/mol. The molecule has 0 saturated heterocycles. The molecule has 0 spiro atoms. The van der Waals surface area contributed by atoms with Crippen LogP contribution in [0.2, 0.25) is 0 Å². The van der Waals surface area contributed by atoms with Crippen LogP contribution in [0.1, 0.15) is 51.6 Å². The Kier molecular flexibility index (Phi) is 6.81. The Balaban J connectivity index is 1.64. The summed E-state index contributed by atoms with van der Waals surface area (Å²) in [4.78, 5) is 24.8. The van der Waals surface area contributed by atoms with Crippen molar-refractivity contribution in [3.8, 4) is 11.5 Å². The van der Waals surface area contributed by atoms with Crippen LogP contribution in [0.15, 0.2) is 78.9 Å². The molecule has 4 nitrogen and oxygen atoms in total. The fraction of sp³-hybridized carbons (Fsp3) is 0.154. The van der Waals surface area contributed by atoms with E-state index in [0.29, 0.717) is 28.5 Å². The summed E-state index contributed by atoms with van der Waals surface area (Å²) in [6.07, 6.45) is 3.34. The molecule has 0 heterocycles. The number of allylic oxidation sites excluding steroid dienone is 1. The highest BCUT2D eigenvalue weighted by molar-refractivity contribution is 6.06. The zero-order valence-electron chi connectivity index (χ0n) is 17.3. The molecule has 0 radical (unpaired) electrons. The number of benzene rings is 3. The first-order chi connectivity index (χ1) is 14.5. The zero-order chi connectivity index (χ0) is 21.5. The Hall–Kier alpha value is -3.66. The first kappa shape index (κ1) is 21.1. The van der Waals surface area contributed by atoms with Crippen molar-refractivity contribution in [3.05, 3.63) is 101 Å². The van der Waals surface area contributed by atoms with E-state index in [4.69, 9.17) is 9.47 Å². The second kappa shape index (κ2) is 9.70. The summed E-state index contributed by atoms with van der Waals surface area (Å²) < 4.78 is 10.6. The van der Waals surface area contributed by atoms with Crippen LogP contribution < -0.4 is 9.47 Å². The molecular weight excluding hydrogens is 376 g/mol. The van der Waals surface area contributed by atoms with Crippen molar-refractivity contribution >= 4 is 17.8 Å². The molecule has 0 fully saturated rings. The molecule has 0 saturated carbocycles. The smallest absolute Gasteiger partial charge is 0.347 e. The van der Waals surface area contributed by atoms with Gasteiger partial charge in [-0.1, -0.05) is 56.3 Å². The molecule has 3 aromatic rings. The van der Waals surface area contributed by atoms with Crippen LogP contribution in [0.3, 0.4) is 0 Å². The minimum Gasteiger partial charge on any atom is -0.496 e. The maximum atomic E-state index is 12.4. The highest BCUT2D eigenvalue weighted by Crippen LogP contribution is 2.21. The van der Waals surface area contributed by atoms with Gasteiger partial charge in [0.25, 0.3) is 0 Å². The number of carbonyl (C=O) groups excluding carboxylic acids is 2. The lowest BCUT2D eigenvalue weighted by Crippen LogP contribution is -2.10. The van der Waals surface area contributed by atoms with E-state index in [1.54, 1.807) is 60.7 Å². The highest BCUT2D eigenvalue weighted by Gasteiger charge is 2.14. The Morgan fingerprint density at radius 2 is 1.53 bits per heavy atom. The molecule has 0 aromatic heterocycles. The van der Waals surface area contributed by atoms with E-state index in [1.807, 2.05) is 12.1 Å². The van der Waals surface area contributed by atoms with E-state index in [1.165, 1.54) is 12.7 Å².